The Morgan fingerprint density at radius 1 is 1.26 bits per heavy atom. The Labute approximate surface area is 113 Å². The summed E-state index contributed by atoms with van der Waals surface area (Å²) in [5.41, 5.74) is 0.115. The van der Waals surface area contributed by atoms with E-state index in [1.165, 1.54) is 12.3 Å². The third-order valence-electron chi connectivity index (χ3n) is 2.61. The molecule has 0 bridgehead atoms. The van der Waals surface area contributed by atoms with Gasteiger partial charge < -0.3 is 5.11 Å². The molecule has 0 radical (unpaired) electrons. The number of carboxylic acid groups (broad SMARTS) is 1. The van der Waals surface area contributed by atoms with Crippen LogP contribution in [0.4, 0.5) is 5.82 Å². The van der Waals surface area contributed by atoms with Gasteiger partial charge in [-0.05, 0) is 31.9 Å². The van der Waals surface area contributed by atoms with Crippen molar-refractivity contribution in [2.45, 2.75) is 40.2 Å². The zero-order valence-corrected chi connectivity index (χ0v) is 11.8. The summed E-state index contributed by atoms with van der Waals surface area (Å²) in [6, 6.07) is 3.01. The molecule has 5 nitrogen and oxygen atoms in total. The Bertz CT molecular complexity index is 452. The lowest BCUT2D eigenvalue weighted by molar-refractivity contribution is -0.119. The van der Waals surface area contributed by atoms with Crippen LogP contribution in [0.1, 0.15) is 44.5 Å². The van der Waals surface area contributed by atoms with Crippen LogP contribution in [0, 0.1) is 5.92 Å². The standard InChI is InChI=1S/C14H20N2O3/c1-9(2)7-13(17)16(10(3)4)12-6-5-11(8-15-12)14(18)19/h5-6,8-10H,7H2,1-4H3,(H,18,19). The number of hydrogen-bond acceptors (Lipinski definition) is 3. The van der Waals surface area contributed by atoms with E-state index in [0.29, 0.717) is 12.2 Å². The third kappa shape index (κ3) is 4.05. The molecule has 1 aromatic heterocycles. The molecule has 0 atom stereocenters. The normalized spacial score (nSPS) is 10.8. The van der Waals surface area contributed by atoms with Crippen LogP contribution < -0.4 is 4.90 Å². The molecule has 1 N–H and O–H groups in total. The van der Waals surface area contributed by atoms with Gasteiger partial charge in [-0.25, -0.2) is 9.78 Å². The van der Waals surface area contributed by atoms with Gasteiger partial charge in [0, 0.05) is 18.7 Å². The number of aromatic nitrogens is 1. The van der Waals surface area contributed by atoms with Gasteiger partial charge in [0.15, 0.2) is 0 Å². The van der Waals surface area contributed by atoms with E-state index in [1.807, 2.05) is 27.7 Å². The minimum absolute atomic E-state index is 0.000532. The Balaban J connectivity index is 2.99. The van der Waals surface area contributed by atoms with Crippen LogP contribution in [0.15, 0.2) is 18.3 Å². The molecule has 0 aromatic carbocycles. The van der Waals surface area contributed by atoms with E-state index in [2.05, 4.69) is 4.98 Å². The van der Waals surface area contributed by atoms with Gasteiger partial charge in [-0.2, -0.15) is 0 Å². The summed E-state index contributed by atoms with van der Waals surface area (Å²) in [5.74, 6) is -0.262. The van der Waals surface area contributed by atoms with Crippen LogP contribution in [-0.2, 0) is 4.79 Å². The zero-order chi connectivity index (χ0) is 14.6. The highest BCUT2D eigenvalue weighted by atomic mass is 16.4. The molecule has 1 amide bonds. The number of rotatable bonds is 5. The fourth-order valence-electron chi connectivity index (χ4n) is 1.78. The summed E-state index contributed by atoms with van der Waals surface area (Å²) in [7, 11) is 0. The number of carbonyl (C=O) groups excluding carboxylic acids is 1. The summed E-state index contributed by atoms with van der Waals surface area (Å²) < 4.78 is 0. The first-order valence-corrected chi connectivity index (χ1v) is 6.34. The predicted molar refractivity (Wildman–Crippen MR) is 73.3 cm³/mol. The van der Waals surface area contributed by atoms with E-state index in [0.717, 1.165) is 0 Å². The molecule has 0 aliphatic heterocycles. The molecule has 0 saturated heterocycles. The Morgan fingerprint density at radius 3 is 2.26 bits per heavy atom. The molecule has 0 aliphatic rings. The lowest BCUT2D eigenvalue weighted by atomic mass is 10.1. The second-order valence-electron chi connectivity index (χ2n) is 5.17. The van der Waals surface area contributed by atoms with Gasteiger partial charge >= 0.3 is 5.97 Å². The molecule has 1 rings (SSSR count). The number of aromatic carboxylic acids is 1. The van der Waals surface area contributed by atoms with Crippen molar-refractivity contribution in [1.82, 2.24) is 4.98 Å². The first kappa shape index (κ1) is 15.1. The quantitative estimate of drug-likeness (QED) is 0.887. The molecule has 0 unspecified atom stereocenters. The van der Waals surface area contributed by atoms with E-state index in [-0.39, 0.29) is 23.4 Å². The molecular weight excluding hydrogens is 244 g/mol. The van der Waals surface area contributed by atoms with E-state index >= 15 is 0 Å². The summed E-state index contributed by atoms with van der Waals surface area (Å²) in [6.07, 6.45) is 1.72. The minimum atomic E-state index is -1.02. The van der Waals surface area contributed by atoms with E-state index < -0.39 is 5.97 Å². The van der Waals surface area contributed by atoms with Crippen LogP contribution in [0.5, 0.6) is 0 Å². The van der Waals surface area contributed by atoms with Crippen molar-refractivity contribution in [1.29, 1.82) is 0 Å². The Hall–Kier alpha value is -1.91. The maximum absolute atomic E-state index is 12.2. The molecule has 0 saturated carbocycles. The molecule has 104 valence electrons. The van der Waals surface area contributed by atoms with Crippen molar-refractivity contribution in [3.05, 3.63) is 23.9 Å². The van der Waals surface area contributed by atoms with Crippen molar-refractivity contribution in [3.8, 4) is 0 Å². The highest BCUT2D eigenvalue weighted by molar-refractivity contribution is 5.93. The van der Waals surface area contributed by atoms with Gasteiger partial charge in [0.2, 0.25) is 5.91 Å². The fraction of sp³-hybridized carbons (Fsp3) is 0.500. The van der Waals surface area contributed by atoms with E-state index in [1.54, 1.807) is 11.0 Å². The van der Waals surface area contributed by atoms with Crippen LogP contribution >= 0.6 is 0 Å². The van der Waals surface area contributed by atoms with Gasteiger partial charge in [-0.3, -0.25) is 9.69 Å². The van der Waals surface area contributed by atoms with Crippen molar-refractivity contribution >= 4 is 17.7 Å². The summed E-state index contributed by atoms with van der Waals surface area (Å²) in [4.78, 5) is 28.6. The topological polar surface area (TPSA) is 70.5 Å². The zero-order valence-electron chi connectivity index (χ0n) is 11.8. The highest BCUT2D eigenvalue weighted by Crippen LogP contribution is 2.17. The monoisotopic (exact) mass is 264 g/mol. The van der Waals surface area contributed by atoms with Gasteiger partial charge in [0.1, 0.15) is 5.82 Å². The maximum Gasteiger partial charge on any atom is 0.337 e. The average Bonchev–Trinajstić information content (AvgIpc) is 2.28. The molecule has 19 heavy (non-hydrogen) atoms. The lowest BCUT2D eigenvalue weighted by Gasteiger charge is -2.26. The first-order chi connectivity index (χ1) is 8.82. The molecule has 5 heteroatoms. The van der Waals surface area contributed by atoms with Crippen LogP contribution in [-0.4, -0.2) is 28.0 Å². The molecule has 1 heterocycles. The maximum atomic E-state index is 12.2. The first-order valence-electron chi connectivity index (χ1n) is 6.34. The van der Waals surface area contributed by atoms with Crippen molar-refractivity contribution in [2.24, 2.45) is 5.92 Å². The number of pyridine rings is 1. The van der Waals surface area contributed by atoms with Gasteiger partial charge in [-0.15, -0.1) is 0 Å². The van der Waals surface area contributed by atoms with Crippen molar-refractivity contribution in [3.63, 3.8) is 0 Å². The summed E-state index contributed by atoms with van der Waals surface area (Å²) in [5, 5.41) is 8.83. The third-order valence-corrected chi connectivity index (χ3v) is 2.61. The van der Waals surface area contributed by atoms with Gasteiger partial charge in [0.25, 0.3) is 0 Å². The lowest BCUT2D eigenvalue weighted by Crippen LogP contribution is -2.38. The van der Waals surface area contributed by atoms with Crippen LogP contribution in [0.2, 0.25) is 0 Å². The smallest absolute Gasteiger partial charge is 0.337 e. The van der Waals surface area contributed by atoms with Crippen LogP contribution in [0.3, 0.4) is 0 Å². The number of nitrogens with zero attached hydrogens (tertiary/aromatic N) is 2. The Kier molecular flexibility index (Phi) is 5.03. The highest BCUT2D eigenvalue weighted by Gasteiger charge is 2.21. The van der Waals surface area contributed by atoms with Crippen molar-refractivity contribution < 1.29 is 14.7 Å². The van der Waals surface area contributed by atoms with E-state index in [4.69, 9.17) is 5.11 Å². The van der Waals surface area contributed by atoms with Gasteiger partial charge in [-0.1, -0.05) is 13.8 Å². The van der Waals surface area contributed by atoms with E-state index in [9.17, 15) is 9.59 Å². The molecule has 0 spiro atoms. The number of hydrogen-bond donors (Lipinski definition) is 1. The molecular formula is C14H20N2O3. The second kappa shape index (κ2) is 6.31. The summed E-state index contributed by atoms with van der Waals surface area (Å²) in [6.45, 7) is 7.78. The molecule has 0 aliphatic carbocycles. The number of carboxylic acids is 1. The number of carbonyl (C=O) groups is 2. The minimum Gasteiger partial charge on any atom is -0.478 e. The van der Waals surface area contributed by atoms with Crippen molar-refractivity contribution in [2.75, 3.05) is 4.90 Å². The Morgan fingerprint density at radius 2 is 1.89 bits per heavy atom. The second-order valence-corrected chi connectivity index (χ2v) is 5.17. The predicted octanol–water partition coefficient (Wildman–Crippen LogP) is 2.57. The van der Waals surface area contributed by atoms with Gasteiger partial charge in [0.05, 0.1) is 5.56 Å². The molecule has 1 aromatic rings. The average molecular weight is 264 g/mol. The molecule has 0 fully saturated rings. The fourth-order valence-corrected chi connectivity index (χ4v) is 1.78. The number of anilines is 1. The SMILES string of the molecule is CC(C)CC(=O)N(c1ccc(C(=O)O)cn1)C(C)C. The van der Waals surface area contributed by atoms with Crippen LogP contribution in [0.25, 0.3) is 0 Å². The number of amides is 1. The summed E-state index contributed by atoms with van der Waals surface area (Å²) >= 11 is 0. The largest absolute Gasteiger partial charge is 0.478 e.